The van der Waals surface area contributed by atoms with Crippen molar-refractivity contribution in [1.29, 1.82) is 0 Å². The number of carbonyl (C=O) groups excluding carboxylic acids is 1. The van der Waals surface area contributed by atoms with Gasteiger partial charge in [0.05, 0.1) is 11.3 Å². The first-order chi connectivity index (χ1) is 8.49. The number of hydrogen-bond acceptors (Lipinski definition) is 3. The van der Waals surface area contributed by atoms with Crippen molar-refractivity contribution < 1.29 is 9.18 Å². The summed E-state index contributed by atoms with van der Waals surface area (Å²) in [6, 6.07) is 6.44. The lowest BCUT2D eigenvalue weighted by Crippen LogP contribution is -2.26. The van der Waals surface area contributed by atoms with Crippen LogP contribution < -0.4 is 0 Å². The van der Waals surface area contributed by atoms with Crippen molar-refractivity contribution in [2.24, 2.45) is 4.99 Å². The maximum atomic E-state index is 12.9. The third kappa shape index (κ3) is 2.56. The van der Waals surface area contributed by atoms with E-state index in [4.69, 9.17) is 0 Å². The Morgan fingerprint density at radius 2 is 2.00 bits per heavy atom. The number of carbonyl (C=O) groups is 1. The molecule has 0 saturated carbocycles. The first-order valence-electron chi connectivity index (χ1n) is 5.76. The second-order valence-corrected chi connectivity index (χ2v) is 5.64. The molecule has 2 atom stereocenters. The minimum absolute atomic E-state index is 0.0509. The molecule has 2 rings (SSSR count). The number of thioether (sulfide) groups is 1. The molecule has 5 heteroatoms. The van der Waals surface area contributed by atoms with Gasteiger partial charge in [0.15, 0.2) is 5.17 Å². The van der Waals surface area contributed by atoms with Crippen molar-refractivity contribution in [3.8, 4) is 0 Å². The number of hydrogen-bond donors (Lipinski definition) is 0. The van der Waals surface area contributed by atoms with Gasteiger partial charge in [-0.15, -0.1) is 0 Å². The van der Waals surface area contributed by atoms with Crippen LogP contribution in [0.15, 0.2) is 29.3 Å². The second-order valence-electron chi connectivity index (χ2n) is 4.33. The van der Waals surface area contributed by atoms with Crippen molar-refractivity contribution in [1.82, 2.24) is 4.90 Å². The molecule has 1 aliphatic heterocycles. The lowest BCUT2D eigenvalue weighted by Gasteiger charge is -2.26. The Morgan fingerprint density at radius 3 is 2.50 bits per heavy atom. The number of amidine groups is 1. The van der Waals surface area contributed by atoms with Gasteiger partial charge in [0, 0.05) is 7.05 Å². The first-order valence-corrected chi connectivity index (χ1v) is 6.64. The van der Waals surface area contributed by atoms with Gasteiger partial charge in [0.25, 0.3) is 5.91 Å². The van der Waals surface area contributed by atoms with Crippen molar-refractivity contribution in [3.63, 3.8) is 0 Å². The summed E-state index contributed by atoms with van der Waals surface area (Å²) in [5.74, 6) is -0.335. The van der Waals surface area contributed by atoms with Gasteiger partial charge < -0.3 is 4.90 Å². The summed E-state index contributed by atoms with van der Waals surface area (Å²) in [7, 11) is 1.89. The average molecular weight is 266 g/mol. The number of rotatable bonds is 2. The molecule has 0 bridgehead atoms. The van der Waals surface area contributed by atoms with Gasteiger partial charge >= 0.3 is 0 Å². The zero-order valence-corrected chi connectivity index (χ0v) is 11.4. The molecule has 1 aromatic rings. The predicted octanol–water partition coefficient (Wildman–Crippen LogP) is 2.84. The SMILES string of the molecule is CC1SC(N(C)C(C)c2ccc(F)cc2)=NC1=O. The Bertz CT molecular complexity index is 486. The van der Waals surface area contributed by atoms with Crippen LogP contribution in [0.2, 0.25) is 0 Å². The highest BCUT2D eigenvalue weighted by Gasteiger charge is 2.28. The van der Waals surface area contributed by atoms with Crippen LogP contribution in [0.4, 0.5) is 4.39 Å². The summed E-state index contributed by atoms with van der Waals surface area (Å²) < 4.78 is 12.9. The monoisotopic (exact) mass is 266 g/mol. The van der Waals surface area contributed by atoms with Crippen LogP contribution in [-0.2, 0) is 4.79 Å². The van der Waals surface area contributed by atoms with Gasteiger partial charge in [-0.2, -0.15) is 4.99 Å². The minimum atomic E-state index is -0.245. The standard InChI is InChI=1S/C13H15FN2OS/c1-8(10-4-6-11(14)7-5-10)16(3)13-15-12(17)9(2)18-13/h4-9H,1-3H3. The third-order valence-corrected chi connectivity index (χ3v) is 4.22. The van der Waals surface area contributed by atoms with Gasteiger partial charge in [-0.1, -0.05) is 23.9 Å². The Kier molecular flexibility index (Phi) is 3.71. The number of aliphatic imine (C=N–C) groups is 1. The summed E-state index contributed by atoms with van der Waals surface area (Å²) in [5, 5.41) is 0.618. The average Bonchev–Trinajstić information content (AvgIpc) is 2.69. The van der Waals surface area contributed by atoms with Crippen LogP contribution in [0.3, 0.4) is 0 Å². The summed E-state index contributed by atoms with van der Waals surface area (Å²) in [6.45, 7) is 3.85. The van der Waals surface area contributed by atoms with Gasteiger partial charge in [0.1, 0.15) is 5.82 Å². The highest BCUT2D eigenvalue weighted by Crippen LogP contribution is 2.28. The summed E-state index contributed by atoms with van der Waals surface area (Å²) in [5.41, 5.74) is 0.995. The molecule has 1 aromatic carbocycles. The molecule has 0 aliphatic carbocycles. The molecule has 1 heterocycles. The van der Waals surface area contributed by atoms with E-state index in [0.29, 0.717) is 0 Å². The number of nitrogens with zero attached hydrogens (tertiary/aromatic N) is 2. The number of amides is 1. The quantitative estimate of drug-likeness (QED) is 0.825. The molecule has 0 N–H and O–H groups in total. The highest BCUT2D eigenvalue weighted by atomic mass is 32.2. The van der Waals surface area contributed by atoms with Crippen molar-refractivity contribution >= 4 is 22.8 Å². The lowest BCUT2D eigenvalue weighted by atomic mass is 10.1. The molecule has 18 heavy (non-hydrogen) atoms. The van der Waals surface area contributed by atoms with Crippen molar-refractivity contribution in [2.45, 2.75) is 25.1 Å². The van der Waals surface area contributed by atoms with Crippen LogP contribution >= 0.6 is 11.8 Å². The zero-order chi connectivity index (χ0) is 13.3. The minimum Gasteiger partial charge on any atom is -0.347 e. The molecule has 2 unspecified atom stereocenters. The molecule has 1 aliphatic rings. The number of halogens is 1. The third-order valence-electron chi connectivity index (χ3n) is 3.07. The Labute approximate surface area is 110 Å². The fraction of sp³-hybridized carbons (Fsp3) is 0.385. The van der Waals surface area contributed by atoms with Crippen LogP contribution in [0.25, 0.3) is 0 Å². The number of benzene rings is 1. The smallest absolute Gasteiger partial charge is 0.261 e. The normalized spacial score (nSPS) is 20.8. The summed E-state index contributed by atoms with van der Waals surface area (Å²) in [6.07, 6.45) is 0. The Morgan fingerprint density at radius 1 is 1.39 bits per heavy atom. The molecular weight excluding hydrogens is 251 g/mol. The van der Waals surface area contributed by atoms with Crippen LogP contribution in [0.5, 0.6) is 0 Å². The van der Waals surface area contributed by atoms with Gasteiger partial charge in [-0.25, -0.2) is 4.39 Å². The van der Waals surface area contributed by atoms with Crippen LogP contribution in [-0.4, -0.2) is 28.3 Å². The van der Waals surface area contributed by atoms with Crippen LogP contribution in [0.1, 0.15) is 25.5 Å². The molecule has 0 spiro atoms. The van der Waals surface area contributed by atoms with Gasteiger partial charge in [-0.05, 0) is 31.5 Å². The van der Waals surface area contributed by atoms with E-state index in [9.17, 15) is 9.18 Å². The molecule has 0 fully saturated rings. The zero-order valence-electron chi connectivity index (χ0n) is 10.6. The topological polar surface area (TPSA) is 32.7 Å². The predicted molar refractivity (Wildman–Crippen MR) is 72.1 cm³/mol. The maximum Gasteiger partial charge on any atom is 0.261 e. The second kappa shape index (κ2) is 5.10. The van der Waals surface area contributed by atoms with Gasteiger partial charge in [0.2, 0.25) is 0 Å². The van der Waals surface area contributed by atoms with E-state index in [2.05, 4.69) is 4.99 Å². The first kappa shape index (κ1) is 13.1. The van der Waals surface area contributed by atoms with Crippen LogP contribution in [0, 0.1) is 5.82 Å². The fourth-order valence-corrected chi connectivity index (χ4v) is 2.65. The van der Waals surface area contributed by atoms with E-state index < -0.39 is 0 Å². The Hall–Kier alpha value is -1.36. The van der Waals surface area contributed by atoms with Crippen molar-refractivity contribution in [2.75, 3.05) is 7.05 Å². The van der Waals surface area contributed by atoms with E-state index >= 15 is 0 Å². The summed E-state index contributed by atoms with van der Waals surface area (Å²) >= 11 is 1.46. The van der Waals surface area contributed by atoms with E-state index in [0.717, 1.165) is 10.7 Å². The summed E-state index contributed by atoms with van der Waals surface area (Å²) in [4.78, 5) is 17.4. The van der Waals surface area contributed by atoms with Crippen molar-refractivity contribution in [3.05, 3.63) is 35.6 Å². The molecule has 3 nitrogen and oxygen atoms in total. The lowest BCUT2D eigenvalue weighted by molar-refractivity contribution is -0.116. The maximum absolute atomic E-state index is 12.9. The highest BCUT2D eigenvalue weighted by molar-refractivity contribution is 8.15. The van der Waals surface area contributed by atoms with E-state index in [1.54, 1.807) is 12.1 Å². The molecule has 0 aromatic heterocycles. The molecular formula is C13H15FN2OS. The fourth-order valence-electron chi connectivity index (χ4n) is 1.71. The molecule has 0 radical (unpaired) electrons. The largest absolute Gasteiger partial charge is 0.347 e. The molecule has 1 amide bonds. The van der Waals surface area contributed by atoms with Gasteiger partial charge in [-0.3, -0.25) is 4.79 Å². The molecule has 96 valence electrons. The van der Waals surface area contributed by atoms with E-state index in [1.807, 2.05) is 25.8 Å². The van der Waals surface area contributed by atoms with E-state index in [1.165, 1.54) is 23.9 Å². The Balaban J connectivity index is 2.14. The van der Waals surface area contributed by atoms with E-state index in [-0.39, 0.29) is 23.0 Å². The molecule has 0 saturated heterocycles.